The second-order valence-electron chi connectivity index (χ2n) is 7.43. The molecule has 0 radical (unpaired) electrons. The Balaban J connectivity index is 1.39. The van der Waals surface area contributed by atoms with Gasteiger partial charge in [-0.3, -0.25) is 4.90 Å². The first-order valence-corrected chi connectivity index (χ1v) is 12.2. The highest BCUT2D eigenvalue weighted by Gasteiger charge is 2.24. The molecule has 0 aliphatic carbocycles. The van der Waals surface area contributed by atoms with Crippen molar-refractivity contribution in [3.63, 3.8) is 0 Å². The zero-order chi connectivity index (χ0) is 20.3. The van der Waals surface area contributed by atoms with Gasteiger partial charge in [0.15, 0.2) is 9.84 Å². The molecule has 1 atom stereocenters. The van der Waals surface area contributed by atoms with Gasteiger partial charge in [0.25, 0.3) is 0 Å². The summed E-state index contributed by atoms with van der Waals surface area (Å²) in [5, 5.41) is 5.25. The number of likely N-dealkylation sites (tertiary alicyclic amines) is 1. The number of thiazole rings is 1. The third-order valence-corrected chi connectivity index (χ3v) is 7.35. The second kappa shape index (κ2) is 8.61. The van der Waals surface area contributed by atoms with E-state index in [1.807, 2.05) is 13.0 Å². The van der Waals surface area contributed by atoms with Gasteiger partial charge in [-0.15, -0.1) is 11.3 Å². The number of aromatic nitrogens is 2. The first-order valence-electron chi connectivity index (χ1n) is 9.59. The fourth-order valence-electron chi connectivity index (χ4n) is 3.59. The third-order valence-electron chi connectivity index (χ3n) is 5.10. The van der Waals surface area contributed by atoms with Gasteiger partial charge in [-0.2, -0.15) is 0 Å². The van der Waals surface area contributed by atoms with Crippen molar-refractivity contribution in [1.29, 1.82) is 0 Å². The van der Waals surface area contributed by atoms with Gasteiger partial charge in [-0.25, -0.2) is 18.4 Å². The van der Waals surface area contributed by atoms with Crippen LogP contribution in [0.15, 0.2) is 58.4 Å². The van der Waals surface area contributed by atoms with Crippen LogP contribution in [0.2, 0.25) is 0 Å². The van der Waals surface area contributed by atoms with Crippen LogP contribution < -0.4 is 5.32 Å². The Morgan fingerprint density at radius 1 is 1.24 bits per heavy atom. The van der Waals surface area contributed by atoms with Crippen molar-refractivity contribution in [1.82, 2.24) is 14.9 Å². The van der Waals surface area contributed by atoms with Crippen LogP contribution >= 0.6 is 11.3 Å². The summed E-state index contributed by atoms with van der Waals surface area (Å²) >= 11 is 1.39. The molecule has 4 rings (SSSR count). The van der Waals surface area contributed by atoms with Crippen molar-refractivity contribution in [3.05, 3.63) is 70.3 Å². The van der Waals surface area contributed by atoms with Crippen LogP contribution in [-0.4, -0.2) is 42.4 Å². The Bertz CT molecular complexity index is 1050. The van der Waals surface area contributed by atoms with Crippen molar-refractivity contribution in [2.45, 2.75) is 36.6 Å². The van der Waals surface area contributed by atoms with E-state index in [2.05, 4.69) is 44.5 Å². The van der Waals surface area contributed by atoms with E-state index in [-0.39, 0.29) is 10.6 Å². The Hall–Kier alpha value is -2.29. The largest absolute Gasteiger partial charge is 0.366 e. The zero-order valence-electron chi connectivity index (χ0n) is 16.3. The van der Waals surface area contributed by atoms with Gasteiger partial charge < -0.3 is 5.32 Å². The fraction of sp³-hybridized carbons (Fsp3) is 0.333. The molecule has 0 spiro atoms. The van der Waals surface area contributed by atoms with Crippen LogP contribution in [-0.2, 0) is 22.1 Å². The van der Waals surface area contributed by atoms with Gasteiger partial charge in [-0.1, -0.05) is 30.3 Å². The van der Waals surface area contributed by atoms with E-state index in [1.165, 1.54) is 23.1 Å². The molecule has 3 heterocycles. The van der Waals surface area contributed by atoms with Crippen molar-refractivity contribution >= 4 is 27.0 Å². The molecule has 1 fully saturated rings. The van der Waals surface area contributed by atoms with E-state index in [1.54, 1.807) is 17.0 Å². The van der Waals surface area contributed by atoms with Crippen LogP contribution in [0.3, 0.4) is 0 Å². The molecular formula is C21H24N4O2S2. The summed E-state index contributed by atoms with van der Waals surface area (Å²) < 4.78 is 25.2. The molecule has 1 aliphatic heterocycles. The number of nitrogens with one attached hydrogen (secondary N) is 1. The normalized spacial score (nSPS) is 17.5. The zero-order valence-corrected chi connectivity index (χ0v) is 17.9. The van der Waals surface area contributed by atoms with Crippen LogP contribution in [0.4, 0.5) is 5.82 Å². The highest BCUT2D eigenvalue weighted by Crippen LogP contribution is 2.23. The number of anilines is 1. The Morgan fingerprint density at radius 3 is 2.79 bits per heavy atom. The van der Waals surface area contributed by atoms with E-state index in [0.29, 0.717) is 11.7 Å². The Kier molecular flexibility index (Phi) is 5.94. The van der Waals surface area contributed by atoms with E-state index in [9.17, 15) is 8.42 Å². The van der Waals surface area contributed by atoms with E-state index in [0.717, 1.165) is 37.4 Å². The Morgan fingerprint density at radius 2 is 2.07 bits per heavy atom. The van der Waals surface area contributed by atoms with E-state index >= 15 is 0 Å². The van der Waals surface area contributed by atoms with Crippen LogP contribution in [0.25, 0.3) is 0 Å². The molecule has 0 amide bonds. The monoisotopic (exact) mass is 428 g/mol. The van der Waals surface area contributed by atoms with Gasteiger partial charge in [0.2, 0.25) is 0 Å². The Labute approximate surface area is 175 Å². The smallest absolute Gasteiger partial charge is 0.185 e. The van der Waals surface area contributed by atoms with Crippen LogP contribution in [0, 0.1) is 6.92 Å². The van der Waals surface area contributed by atoms with Gasteiger partial charge in [0.1, 0.15) is 5.82 Å². The number of benzene rings is 1. The summed E-state index contributed by atoms with van der Waals surface area (Å²) in [4.78, 5) is 11.2. The molecule has 152 valence electrons. The predicted octanol–water partition coefficient (Wildman–Crippen LogP) is 3.51. The molecule has 1 aromatic carbocycles. The number of rotatable bonds is 7. The summed E-state index contributed by atoms with van der Waals surface area (Å²) in [7, 11) is -3.45. The highest BCUT2D eigenvalue weighted by molar-refractivity contribution is 7.90. The number of sulfone groups is 1. The van der Waals surface area contributed by atoms with Crippen molar-refractivity contribution in [3.8, 4) is 0 Å². The van der Waals surface area contributed by atoms with Crippen LogP contribution in [0.5, 0.6) is 0 Å². The quantitative estimate of drug-likeness (QED) is 0.621. The van der Waals surface area contributed by atoms with E-state index < -0.39 is 9.84 Å². The summed E-state index contributed by atoms with van der Waals surface area (Å²) in [6.07, 6.45) is 2.49. The molecule has 2 aromatic heterocycles. The number of hydrogen-bond acceptors (Lipinski definition) is 7. The maximum atomic E-state index is 12.6. The van der Waals surface area contributed by atoms with E-state index in [4.69, 9.17) is 0 Å². The SMILES string of the molecule is Cc1cc(S(=O)(=O)Cc2cscn2)cnc1N[C@H]1CCN(Cc2ccccc2)C1. The molecule has 8 heteroatoms. The third kappa shape index (κ3) is 5.01. The van der Waals surface area contributed by atoms with Gasteiger partial charge in [0, 0.05) is 37.3 Å². The van der Waals surface area contributed by atoms with Gasteiger partial charge in [0.05, 0.1) is 21.9 Å². The second-order valence-corrected chi connectivity index (χ2v) is 10.1. The number of nitrogens with zero attached hydrogens (tertiary/aromatic N) is 3. The molecule has 1 saturated heterocycles. The lowest BCUT2D eigenvalue weighted by molar-refractivity contribution is 0.328. The van der Waals surface area contributed by atoms with Crippen molar-refractivity contribution in [2.24, 2.45) is 0 Å². The summed E-state index contributed by atoms with van der Waals surface area (Å²) in [5.74, 6) is 0.658. The summed E-state index contributed by atoms with van der Waals surface area (Å²) in [6, 6.07) is 12.5. The summed E-state index contributed by atoms with van der Waals surface area (Å²) in [6.45, 7) is 4.82. The molecule has 0 saturated carbocycles. The fourth-order valence-corrected chi connectivity index (χ4v) is 5.53. The predicted molar refractivity (Wildman–Crippen MR) is 116 cm³/mol. The number of aryl methyl sites for hydroxylation is 1. The highest BCUT2D eigenvalue weighted by atomic mass is 32.2. The molecule has 0 bridgehead atoms. The minimum absolute atomic E-state index is 0.0958. The van der Waals surface area contributed by atoms with Gasteiger partial charge >= 0.3 is 0 Å². The number of pyridine rings is 1. The molecule has 3 aromatic rings. The lowest BCUT2D eigenvalue weighted by atomic mass is 10.2. The summed E-state index contributed by atoms with van der Waals surface area (Å²) in [5.41, 5.74) is 4.37. The first kappa shape index (κ1) is 20.0. The first-order chi connectivity index (χ1) is 14.0. The molecule has 1 N–H and O–H groups in total. The molecular weight excluding hydrogens is 404 g/mol. The minimum Gasteiger partial charge on any atom is -0.366 e. The van der Waals surface area contributed by atoms with Crippen molar-refractivity contribution in [2.75, 3.05) is 18.4 Å². The lowest BCUT2D eigenvalue weighted by Gasteiger charge is -2.18. The van der Waals surface area contributed by atoms with Gasteiger partial charge in [-0.05, 0) is 30.5 Å². The topological polar surface area (TPSA) is 75.2 Å². The molecule has 1 aliphatic rings. The average Bonchev–Trinajstić information content (AvgIpc) is 3.36. The van der Waals surface area contributed by atoms with Crippen LogP contribution in [0.1, 0.15) is 23.2 Å². The average molecular weight is 429 g/mol. The maximum Gasteiger partial charge on any atom is 0.185 e. The molecule has 29 heavy (non-hydrogen) atoms. The molecule has 0 unspecified atom stereocenters. The lowest BCUT2D eigenvalue weighted by Crippen LogP contribution is -2.26. The molecule has 6 nitrogen and oxygen atoms in total. The minimum atomic E-state index is -3.45. The maximum absolute atomic E-state index is 12.6. The number of hydrogen-bond donors (Lipinski definition) is 1. The van der Waals surface area contributed by atoms with Crippen molar-refractivity contribution < 1.29 is 8.42 Å². The standard InChI is InChI=1S/C21H24N4O2S2/c1-16-9-20(29(26,27)14-19-13-28-15-23-19)10-22-21(16)24-18-7-8-25(12-18)11-17-5-3-2-4-6-17/h2-6,9-10,13,15,18H,7-8,11-12,14H2,1H3,(H,22,24)/t18-/m0/s1.